The van der Waals surface area contributed by atoms with Gasteiger partial charge in [-0.25, -0.2) is 0 Å². The minimum Gasteiger partial charge on any atom is -0.383 e. The van der Waals surface area contributed by atoms with Crippen molar-refractivity contribution in [3.63, 3.8) is 0 Å². The molecule has 0 saturated heterocycles. The number of nitriles is 1. The van der Waals surface area contributed by atoms with Gasteiger partial charge in [0.15, 0.2) is 0 Å². The van der Waals surface area contributed by atoms with Gasteiger partial charge < -0.3 is 10.1 Å². The first-order valence-corrected chi connectivity index (χ1v) is 6.08. The Bertz CT molecular complexity index is 438. The van der Waals surface area contributed by atoms with E-state index in [2.05, 4.69) is 33.9 Å². The molecule has 0 spiro atoms. The van der Waals surface area contributed by atoms with Crippen LogP contribution >= 0.6 is 15.9 Å². The Morgan fingerprint density at radius 1 is 1.53 bits per heavy atom. The maximum absolute atomic E-state index is 8.82. The van der Waals surface area contributed by atoms with Crippen LogP contribution in [0, 0.1) is 11.3 Å². The molecule has 0 bridgehead atoms. The molecule has 0 aromatic heterocycles. The average molecular weight is 295 g/mol. The number of halogens is 1. The molecule has 1 aromatic carbocycles. The van der Waals surface area contributed by atoms with E-state index < -0.39 is 0 Å². The summed E-state index contributed by atoms with van der Waals surface area (Å²) in [6.07, 6.45) is 0. The van der Waals surface area contributed by atoms with Crippen LogP contribution in [-0.4, -0.2) is 19.8 Å². The summed E-state index contributed by atoms with van der Waals surface area (Å²) in [7, 11) is 0. The van der Waals surface area contributed by atoms with Crippen molar-refractivity contribution in [3.05, 3.63) is 40.4 Å². The Morgan fingerprint density at radius 3 is 2.94 bits per heavy atom. The van der Waals surface area contributed by atoms with Gasteiger partial charge in [0.1, 0.15) is 0 Å². The summed E-state index contributed by atoms with van der Waals surface area (Å²) in [5, 5.41) is 12.0. The Kier molecular flexibility index (Phi) is 5.75. The lowest BCUT2D eigenvalue weighted by Crippen LogP contribution is -2.10. The van der Waals surface area contributed by atoms with Crippen molar-refractivity contribution in [1.29, 1.82) is 5.26 Å². The highest BCUT2D eigenvalue weighted by Crippen LogP contribution is 2.18. The zero-order valence-corrected chi connectivity index (χ0v) is 11.4. The first-order chi connectivity index (χ1) is 8.11. The maximum Gasteiger partial charge on any atom is 0.0992 e. The quantitative estimate of drug-likeness (QED) is 0.647. The van der Waals surface area contributed by atoms with Gasteiger partial charge in [0.05, 0.1) is 24.8 Å². The summed E-state index contributed by atoms with van der Waals surface area (Å²) in [4.78, 5) is 0. The molecular formula is C13H15BrN2O. The van der Waals surface area contributed by atoms with E-state index in [1.807, 2.05) is 19.1 Å². The molecule has 1 N–H and O–H groups in total. The van der Waals surface area contributed by atoms with E-state index in [1.54, 1.807) is 6.07 Å². The van der Waals surface area contributed by atoms with Gasteiger partial charge in [-0.2, -0.15) is 5.26 Å². The predicted molar refractivity (Wildman–Crippen MR) is 73.0 cm³/mol. The number of rotatable bonds is 6. The molecular weight excluding hydrogens is 280 g/mol. The number of ether oxygens (including phenoxy) is 1. The third kappa shape index (κ3) is 5.53. The Labute approximate surface area is 110 Å². The minimum atomic E-state index is 0.587. The Hall–Kier alpha value is -1.31. The average Bonchev–Trinajstić information content (AvgIpc) is 2.27. The molecule has 90 valence electrons. The molecule has 4 heteroatoms. The Morgan fingerprint density at radius 2 is 2.29 bits per heavy atom. The van der Waals surface area contributed by atoms with Crippen LogP contribution in [0.15, 0.2) is 34.8 Å². The van der Waals surface area contributed by atoms with Crippen LogP contribution in [0.3, 0.4) is 0 Å². The van der Waals surface area contributed by atoms with Crippen LogP contribution in [0.5, 0.6) is 0 Å². The van der Waals surface area contributed by atoms with Gasteiger partial charge in [-0.3, -0.25) is 0 Å². The summed E-state index contributed by atoms with van der Waals surface area (Å²) in [6.45, 7) is 7.59. The van der Waals surface area contributed by atoms with Crippen molar-refractivity contribution < 1.29 is 4.74 Å². The van der Waals surface area contributed by atoms with Crippen LogP contribution in [0.4, 0.5) is 5.69 Å². The topological polar surface area (TPSA) is 45.0 Å². The van der Waals surface area contributed by atoms with Gasteiger partial charge in [0.2, 0.25) is 0 Å². The Balaban J connectivity index is 2.39. The summed E-state index contributed by atoms with van der Waals surface area (Å²) in [6, 6.07) is 7.63. The highest BCUT2D eigenvalue weighted by Gasteiger charge is 1.98. The van der Waals surface area contributed by atoms with Crippen LogP contribution < -0.4 is 5.32 Å². The smallest absolute Gasteiger partial charge is 0.0992 e. The summed E-state index contributed by atoms with van der Waals surface area (Å²) >= 11 is 3.36. The van der Waals surface area contributed by atoms with Crippen LogP contribution in [0.25, 0.3) is 0 Å². The van der Waals surface area contributed by atoms with Gasteiger partial charge in [0, 0.05) is 16.7 Å². The third-order valence-electron chi connectivity index (χ3n) is 1.95. The molecule has 1 rings (SSSR count). The SMILES string of the molecule is C=C(C)COCCNc1cc(Br)cc(C#N)c1. The number of hydrogen-bond acceptors (Lipinski definition) is 3. The van der Waals surface area contributed by atoms with Gasteiger partial charge in [-0.15, -0.1) is 0 Å². The third-order valence-corrected chi connectivity index (χ3v) is 2.41. The first-order valence-electron chi connectivity index (χ1n) is 5.28. The van der Waals surface area contributed by atoms with E-state index in [0.29, 0.717) is 25.3 Å². The van der Waals surface area contributed by atoms with Gasteiger partial charge in [0.25, 0.3) is 0 Å². The molecule has 3 nitrogen and oxygen atoms in total. The van der Waals surface area contributed by atoms with Crippen molar-refractivity contribution in [2.45, 2.75) is 6.92 Å². The standard InChI is InChI=1S/C13H15BrN2O/c1-10(2)9-17-4-3-16-13-6-11(8-15)5-12(14)7-13/h5-7,16H,1,3-4,9H2,2H3. The van der Waals surface area contributed by atoms with Crippen LogP contribution in [0.1, 0.15) is 12.5 Å². The van der Waals surface area contributed by atoms with Crippen molar-refractivity contribution in [2.75, 3.05) is 25.1 Å². The van der Waals surface area contributed by atoms with Gasteiger partial charge in [-0.1, -0.05) is 28.1 Å². The van der Waals surface area contributed by atoms with Crippen LogP contribution in [-0.2, 0) is 4.74 Å². The molecule has 0 amide bonds. The molecule has 0 aliphatic rings. The van der Waals surface area contributed by atoms with Crippen LogP contribution in [0.2, 0.25) is 0 Å². The lowest BCUT2D eigenvalue weighted by molar-refractivity contribution is 0.167. The summed E-state index contributed by atoms with van der Waals surface area (Å²) in [5.41, 5.74) is 2.55. The maximum atomic E-state index is 8.82. The molecule has 0 radical (unpaired) electrons. The number of anilines is 1. The monoisotopic (exact) mass is 294 g/mol. The summed E-state index contributed by atoms with van der Waals surface area (Å²) in [5.74, 6) is 0. The second kappa shape index (κ2) is 7.10. The first kappa shape index (κ1) is 13.8. The van der Waals surface area contributed by atoms with E-state index in [9.17, 15) is 0 Å². The highest BCUT2D eigenvalue weighted by molar-refractivity contribution is 9.10. The molecule has 0 fully saturated rings. The zero-order valence-electron chi connectivity index (χ0n) is 9.79. The molecule has 0 saturated carbocycles. The van der Waals surface area contributed by atoms with E-state index >= 15 is 0 Å². The normalized spacial score (nSPS) is 9.71. The van der Waals surface area contributed by atoms with Crippen molar-refractivity contribution in [3.8, 4) is 6.07 Å². The minimum absolute atomic E-state index is 0.587. The largest absolute Gasteiger partial charge is 0.383 e. The fraction of sp³-hybridized carbons (Fsp3) is 0.308. The molecule has 0 atom stereocenters. The molecule has 1 aromatic rings. The van der Waals surface area contributed by atoms with Crippen molar-refractivity contribution >= 4 is 21.6 Å². The summed E-state index contributed by atoms with van der Waals surface area (Å²) < 4.78 is 6.26. The van der Waals surface area contributed by atoms with E-state index in [-0.39, 0.29) is 0 Å². The predicted octanol–water partition coefficient (Wildman–Crippen LogP) is 3.33. The van der Waals surface area contributed by atoms with Crippen molar-refractivity contribution in [2.24, 2.45) is 0 Å². The fourth-order valence-corrected chi connectivity index (χ4v) is 1.76. The van der Waals surface area contributed by atoms with E-state index in [1.165, 1.54) is 0 Å². The lowest BCUT2D eigenvalue weighted by atomic mass is 10.2. The lowest BCUT2D eigenvalue weighted by Gasteiger charge is -2.08. The highest BCUT2D eigenvalue weighted by atomic mass is 79.9. The number of hydrogen-bond donors (Lipinski definition) is 1. The van der Waals surface area contributed by atoms with E-state index in [4.69, 9.17) is 10.00 Å². The zero-order chi connectivity index (χ0) is 12.7. The number of nitrogens with one attached hydrogen (secondary N) is 1. The number of benzene rings is 1. The second-order valence-electron chi connectivity index (χ2n) is 3.78. The van der Waals surface area contributed by atoms with Crippen molar-refractivity contribution in [1.82, 2.24) is 0 Å². The molecule has 0 aliphatic heterocycles. The second-order valence-corrected chi connectivity index (χ2v) is 4.69. The van der Waals surface area contributed by atoms with Gasteiger partial charge >= 0.3 is 0 Å². The molecule has 0 unspecified atom stereocenters. The van der Waals surface area contributed by atoms with E-state index in [0.717, 1.165) is 15.7 Å². The molecule has 0 aliphatic carbocycles. The van der Waals surface area contributed by atoms with Gasteiger partial charge in [-0.05, 0) is 25.1 Å². The molecule has 0 heterocycles. The molecule has 17 heavy (non-hydrogen) atoms. The fourth-order valence-electron chi connectivity index (χ4n) is 1.27. The number of nitrogens with zero attached hydrogens (tertiary/aromatic N) is 1.